The Balaban J connectivity index is 1.45. The molecule has 0 saturated carbocycles. The molecule has 1 aromatic carbocycles. The summed E-state index contributed by atoms with van der Waals surface area (Å²) in [6.07, 6.45) is 2.70. The number of hydrogen-bond donors (Lipinski definition) is 1. The van der Waals surface area contributed by atoms with E-state index in [-0.39, 0.29) is 5.56 Å². The van der Waals surface area contributed by atoms with Crippen molar-refractivity contribution >= 4 is 11.0 Å². The fourth-order valence-electron chi connectivity index (χ4n) is 4.13. The smallest absolute Gasteiger partial charge is 0.259 e. The van der Waals surface area contributed by atoms with E-state index in [1.807, 2.05) is 36.4 Å². The molecule has 0 spiro atoms. The van der Waals surface area contributed by atoms with Gasteiger partial charge >= 0.3 is 0 Å². The van der Waals surface area contributed by atoms with Crippen LogP contribution in [-0.4, -0.2) is 20.2 Å². The number of nitrogens with zero attached hydrogens (tertiary/aromatic N) is 3. The predicted octanol–water partition coefficient (Wildman–Crippen LogP) is 3.34. The van der Waals surface area contributed by atoms with Crippen LogP contribution < -0.4 is 15.6 Å². The van der Waals surface area contributed by atoms with Crippen molar-refractivity contribution in [3.05, 3.63) is 88.0 Å². The van der Waals surface area contributed by atoms with E-state index >= 15 is 0 Å². The Morgan fingerprint density at radius 2 is 2.00 bits per heavy atom. The van der Waals surface area contributed by atoms with E-state index in [2.05, 4.69) is 29.9 Å². The second-order valence-corrected chi connectivity index (χ2v) is 7.86. The van der Waals surface area contributed by atoms with E-state index in [1.165, 1.54) is 17.3 Å². The maximum absolute atomic E-state index is 12.7. The van der Waals surface area contributed by atoms with Crippen LogP contribution in [-0.2, 0) is 26.6 Å². The lowest BCUT2D eigenvalue weighted by Gasteiger charge is -2.21. The summed E-state index contributed by atoms with van der Waals surface area (Å²) in [4.78, 5) is 17.6. The summed E-state index contributed by atoms with van der Waals surface area (Å²) < 4.78 is 9.49. The van der Waals surface area contributed by atoms with E-state index in [1.54, 1.807) is 16.8 Å². The molecule has 0 saturated heterocycles. The first-order chi connectivity index (χ1) is 14.6. The van der Waals surface area contributed by atoms with Crippen LogP contribution in [0.25, 0.3) is 16.9 Å². The molecule has 1 aliphatic rings. The highest BCUT2D eigenvalue weighted by atomic mass is 16.5. The first-order valence-corrected chi connectivity index (χ1v) is 10.2. The number of nitrogens with one attached hydrogen (secondary N) is 1. The number of benzene rings is 1. The van der Waals surface area contributed by atoms with Gasteiger partial charge < -0.3 is 14.6 Å². The zero-order valence-corrected chi connectivity index (χ0v) is 17.1. The van der Waals surface area contributed by atoms with Crippen LogP contribution in [0, 0.1) is 0 Å². The topological polar surface area (TPSA) is 61.1 Å². The minimum atomic E-state index is -0.165. The quantitative estimate of drug-likeness (QED) is 0.571. The van der Waals surface area contributed by atoms with Crippen LogP contribution in [0.4, 0.5) is 0 Å². The summed E-state index contributed by atoms with van der Waals surface area (Å²) in [6, 6.07) is 17.6. The third kappa shape index (κ3) is 3.29. The highest BCUT2D eigenvalue weighted by Crippen LogP contribution is 2.28. The molecule has 6 heteroatoms. The molecule has 6 nitrogen and oxygen atoms in total. The van der Waals surface area contributed by atoms with Gasteiger partial charge in [0.1, 0.15) is 23.8 Å². The average molecular weight is 400 g/mol. The first kappa shape index (κ1) is 18.6. The van der Waals surface area contributed by atoms with Crippen LogP contribution in [0.5, 0.6) is 5.75 Å². The summed E-state index contributed by atoms with van der Waals surface area (Å²) in [5.41, 5.74) is 4.43. The van der Waals surface area contributed by atoms with Gasteiger partial charge in [0.25, 0.3) is 5.56 Å². The monoisotopic (exact) mass is 400 g/mol. The highest BCUT2D eigenvalue weighted by molar-refractivity contribution is 5.83. The molecule has 4 heterocycles. The number of rotatable bonds is 4. The van der Waals surface area contributed by atoms with Gasteiger partial charge in [-0.15, -0.1) is 0 Å². The molecule has 3 aromatic heterocycles. The van der Waals surface area contributed by atoms with E-state index in [4.69, 9.17) is 9.72 Å². The molecular formula is C24H24N4O2. The van der Waals surface area contributed by atoms with Crippen molar-refractivity contribution in [3.63, 3.8) is 0 Å². The van der Waals surface area contributed by atoms with Gasteiger partial charge in [0.2, 0.25) is 0 Å². The average Bonchev–Trinajstić information content (AvgIpc) is 3.04. The molecule has 0 radical (unpaired) electrons. The Hall–Kier alpha value is -3.38. The largest absolute Gasteiger partial charge is 0.489 e. The van der Waals surface area contributed by atoms with Crippen molar-refractivity contribution < 1.29 is 4.74 Å². The molecule has 1 aliphatic heterocycles. The number of aromatic nitrogens is 3. The lowest BCUT2D eigenvalue weighted by Crippen LogP contribution is -2.33. The maximum Gasteiger partial charge on any atom is 0.259 e. The Labute approximate surface area is 174 Å². The maximum atomic E-state index is 12.7. The summed E-state index contributed by atoms with van der Waals surface area (Å²) in [5, 5.41) is 4.66. The third-order valence-corrected chi connectivity index (χ3v) is 5.77. The third-order valence-electron chi connectivity index (χ3n) is 5.77. The normalized spacial score (nSPS) is 15.9. The van der Waals surface area contributed by atoms with Gasteiger partial charge in [0.05, 0.1) is 0 Å². The number of pyridine rings is 2. The number of fused-ring (bicyclic) bond motifs is 3. The van der Waals surface area contributed by atoms with Crippen molar-refractivity contribution in [1.82, 2.24) is 19.4 Å². The van der Waals surface area contributed by atoms with E-state index < -0.39 is 0 Å². The minimum Gasteiger partial charge on any atom is -0.489 e. The van der Waals surface area contributed by atoms with Gasteiger partial charge in [0, 0.05) is 49.4 Å². The molecule has 0 aliphatic carbocycles. The predicted molar refractivity (Wildman–Crippen MR) is 117 cm³/mol. The Morgan fingerprint density at radius 3 is 2.80 bits per heavy atom. The van der Waals surface area contributed by atoms with E-state index in [9.17, 15) is 4.79 Å². The first-order valence-electron chi connectivity index (χ1n) is 10.2. The molecule has 1 atom stereocenters. The van der Waals surface area contributed by atoms with Crippen molar-refractivity contribution in [3.8, 4) is 11.6 Å². The van der Waals surface area contributed by atoms with Crippen LogP contribution in [0.2, 0.25) is 0 Å². The summed E-state index contributed by atoms with van der Waals surface area (Å²) in [7, 11) is 2.05. The number of hydrogen-bond acceptors (Lipinski definition) is 4. The van der Waals surface area contributed by atoms with Crippen molar-refractivity contribution in [2.24, 2.45) is 7.05 Å². The Morgan fingerprint density at radius 1 is 1.17 bits per heavy atom. The summed E-state index contributed by atoms with van der Waals surface area (Å²) in [5.74, 6) is 1.16. The van der Waals surface area contributed by atoms with Gasteiger partial charge in [-0.2, -0.15) is 0 Å². The summed E-state index contributed by atoms with van der Waals surface area (Å²) >= 11 is 0. The second kappa shape index (κ2) is 7.46. The molecule has 152 valence electrons. The molecule has 1 unspecified atom stereocenters. The van der Waals surface area contributed by atoms with Crippen molar-refractivity contribution in [2.45, 2.75) is 32.5 Å². The SMILES string of the molecule is CC1Cc2c(c3ccc(-n4ccc(OCc5ccccc5)cc4=O)nc3n2C)CN1. The lowest BCUT2D eigenvalue weighted by atomic mass is 10.0. The Kier molecular flexibility index (Phi) is 4.64. The zero-order chi connectivity index (χ0) is 20.7. The number of aryl methyl sites for hydroxylation is 1. The van der Waals surface area contributed by atoms with E-state index in [0.29, 0.717) is 24.2 Å². The minimum absolute atomic E-state index is 0.165. The lowest BCUT2D eigenvalue weighted by molar-refractivity contribution is 0.305. The van der Waals surface area contributed by atoms with Gasteiger partial charge in [-0.3, -0.25) is 9.36 Å². The van der Waals surface area contributed by atoms with Crippen LogP contribution >= 0.6 is 0 Å². The zero-order valence-electron chi connectivity index (χ0n) is 17.1. The molecule has 4 aromatic rings. The van der Waals surface area contributed by atoms with Gasteiger partial charge in [-0.1, -0.05) is 30.3 Å². The van der Waals surface area contributed by atoms with Crippen LogP contribution in [0.3, 0.4) is 0 Å². The molecule has 1 N–H and O–H groups in total. The van der Waals surface area contributed by atoms with Crippen LogP contribution in [0.1, 0.15) is 23.7 Å². The molecule has 0 amide bonds. The highest BCUT2D eigenvalue weighted by Gasteiger charge is 2.22. The van der Waals surface area contributed by atoms with Crippen molar-refractivity contribution in [1.29, 1.82) is 0 Å². The number of ether oxygens (including phenoxy) is 1. The van der Waals surface area contributed by atoms with Gasteiger partial charge in [0.15, 0.2) is 0 Å². The van der Waals surface area contributed by atoms with Gasteiger partial charge in [-0.05, 0) is 36.2 Å². The molecular weight excluding hydrogens is 376 g/mol. The molecule has 0 bridgehead atoms. The molecule has 30 heavy (non-hydrogen) atoms. The fourth-order valence-corrected chi connectivity index (χ4v) is 4.13. The summed E-state index contributed by atoms with van der Waals surface area (Å²) in [6.45, 7) is 3.47. The Bertz CT molecular complexity index is 1270. The van der Waals surface area contributed by atoms with Crippen LogP contribution in [0.15, 0.2) is 65.6 Å². The molecule has 0 fully saturated rings. The van der Waals surface area contributed by atoms with Crippen molar-refractivity contribution in [2.75, 3.05) is 0 Å². The molecule has 5 rings (SSSR count). The second-order valence-electron chi connectivity index (χ2n) is 7.86. The standard InChI is InChI=1S/C24H24N4O2/c1-16-12-21-20(14-25-16)19-8-9-22(26-24(19)27(21)2)28-11-10-18(13-23(28)29)30-15-17-6-4-3-5-7-17/h3-11,13,16,25H,12,14-15H2,1-2H3. The van der Waals surface area contributed by atoms with Gasteiger partial charge in [-0.25, -0.2) is 4.98 Å². The fraction of sp³-hybridized carbons (Fsp3) is 0.250. The van der Waals surface area contributed by atoms with E-state index in [0.717, 1.165) is 29.6 Å².